The van der Waals surface area contributed by atoms with E-state index in [-0.39, 0.29) is 11.9 Å². The average molecular weight is 288 g/mol. The molecule has 0 spiro atoms. The van der Waals surface area contributed by atoms with Crippen molar-refractivity contribution in [2.75, 3.05) is 13.1 Å². The molecule has 2 atom stereocenters. The van der Waals surface area contributed by atoms with Gasteiger partial charge in [0.2, 0.25) is 0 Å². The van der Waals surface area contributed by atoms with Gasteiger partial charge in [0.15, 0.2) is 0 Å². The smallest absolute Gasteiger partial charge is 0.271 e. The summed E-state index contributed by atoms with van der Waals surface area (Å²) in [6.45, 7) is 8.53. The molecular formula is C16H24N4O. The first-order valence-electron chi connectivity index (χ1n) is 7.91. The Morgan fingerprint density at radius 3 is 2.57 bits per heavy atom. The maximum Gasteiger partial charge on any atom is 0.271 e. The van der Waals surface area contributed by atoms with Crippen molar-refractivity contribution in [1.29, 1.82) is 0 Å². The zero-order valence-corrected chi connectivity index (χ0v) is 13.0. The Bertz CT molecular complexity index is 510. The highest BCUT2D eigenvalue weighted by molar-refractivity contribution is 5.92. The molecule has 1 aliphatic heterocycles. The summed E-state index contributed by atoms with van der Waals surface area (Å²) in [5, 5.41) is 3.11. The quantitative estimate of drug-likeness (QED) is 0.918. The number of likely N-dealkylation sites (tertiary alicyclic amines) is 1. The highest BCUT2D eigenvalue weighted by Crippen LogP contribution is 2.38. The molecule has 21 heavy (non-hydrogen) atoms. The molecule has 2 aliphatic rings. The maximum absolute atomic E-state index is 12.3. The standard InChI is InChI=1S/C16H24N4O/c1-10(2)20-8-11(3)15(9-20)19-16(21)14-7-17-13(6-18-14)12-4-5-12/h6-7,10-12,15H,4-5,8-9H2,1-3H3,(H,19,21)/t11-,15?/m1/s1. The highest BCUT2D eigenvalue weighted by Gasteiger charge is 2.32. The van der Waals surface area contributed by atoms with Gasteiger partial charge >= 0.3 is 0 Å². The average Bonchev–Trinajstić information content (AvgIpc) is 3.24. The van der Waals surface area contributed by atoms with E-state index < -0.39 is 0 Å². The number of carbonyl (C=O) groups is 1. The van der Waals surface area contributed by atoms with Gasteiger partial charge in [-0.1, -0.05) is 6.92 Å². The summed E-state index contributed by atoms with van der Waals surface area (Å²) in [6, 6.07) is 0.719. The Morgan fingerprint density at radius 2 is 2.05 bits per heavy atom. The normalized spacial score (nSPS) is 26.3. The Hall–Kier alpha value is -1.49. The van der Waals surface area contributed by atoms with Crippen LogP contribution in [0.15, 0.2) is 12.4 Å². The van der Waals surface area contributed by atoms with E-state index in [0.29, 0.717) is 23.6 Å². The van der Waals surface area contributed by atoms with E-state index in [4.69, 9.17) is 0 Å². The number of hydrogen-bond donors (Lipinski definition) is 1. The van der Waals surface area contributed by atoms with Crippen LogP contribution in [0.25, 0.3) is 0 Å². The molecule has 5 nitrogen and oxygen atoms in total. The molecule has 1 aromatic rings. The van der Waals surface area contributed by atoms with Crippen LogP contribution in [0.3, 0.4) is 0 Å². The number of hydrogen-bond acceptors (Lipinski definition) is 4. The fourth-order valence-corrected chi connectivity index (χ4v) is 2.90. The van der Waals surface area contributed by atoms with Gasteiger partial charge in [0.05, 0.1) is 11.9 Å². The number of aromatic nitrogens is 2. The van der Waals surface area contributed by atoms with Gasteiger partial charge in [0.1, 0.15) is 5.69 Å². The van der Waals surface area contributed by atoms with Crippen molar-refractivity contribution >= 4 is 5.91 Å². The van der Waals surface area contributed by atoms with Crippen molar-refractivity contribution in [3.8, 4) is 0 Å². The summed E-state index contributed by atoms with van der Waals surface area (Å²) in [5.41, 5.74) is 1.45. The van der Waals surface area contributed by atoms with Crippen molar-refractivity contribution in [1.82, 2.24) is 20.2 Å². The van der Waals surface area contributed by atoms with Crippen LogP contribution in [0.1, 0.15) is 55.7 Å². The van der Waals surface area contributed by atoms with Gasteiger partial charge in [-0.15, -0.1) is 0 Å². The van der Waals surface area contributed by atoms with Crippen molar-refractivity contribution in [3.05, 3.63) is 23.8 Å². The SMILES string of the molecule is CC(C)N1CC(NC(=O)c2cnc(C3CC3)cn2)[C@H](C)C1. The van der Waals surface area contributed by atoms with E-state index in [1.165, 1.54) is 12.8 Å². The van der Waals surface area contributed by atoms with E-state index >= 15 is 0 Å². The van der Waals surface area contributed by atoms with Crippen LogP contribution < -0.4 is 5.32 Å². The largest absolute Gasteiger partial charge is 0.346 e. The van der Waals surface area contributed by atoms with Gasteiger partial charge in [0.25, 0.3) is 5.91 Å². The number of rotatable bonds is 4. The Labute approximate surface area is 126 Å². The zero-order chi connectivity index (χ0) is 15.0. The molecule has 0 aromatic carbocycles. The minimum Gasteiger partial charge on any atom is -0.346 e. The van der Waals surface area contributed by atoms with Gasteiger partial charge in [-0.2, -0.15) is 0 Å². The molecule has 114 valence electrons. The summed E-state index contributed by atoms with van der Waals surface area (Å²) < 4.78 is 0. The highest BCUT2D eigenvalue weighted by atomic mass is 16.2. The second kappa shape index (κ2) is 5.72. The molecule has 1 unspecified atom stereocenters. The van der Waals surface area contributed by atoms with Gasteiger partial charge in [0, 0.05) is 37.3 Å². The molecule has 1 aromatic heterocycles. The number of nitrogens with zero attached hydrogens (tertiary/aromatic N) is 3. The van der Waals surface area contributed by atoms with Crippen LogP contribution >= 0.6 is 0 Å². The summed E-state index contributed by atoms with van der Waals surface area (Å²) in [4.78, 5) is 23.3. The zero-order valence-electron chi connectivity index (χ0n) is 13.0. The van der Waals surface area contributed by atoms with Gasteiger partial charge in [-0.25, -0.2) is 4.98 Å². The minimum atomic E-state index is -0.104. The summed E-state index contributed by atoms with van der Waals surface area (Å²) in [7, 11) is 0. The lowest BCUT2D eigenvalue weighted by Crippen LogP contribution is -2.40. The molecule has 3 rings (SSSR count). The maximum atomic E-state index is 12.3. The second-order valence-corrected chi connectivity index (χ2v) is 6.71. The van der Waals surface area contributed by atoms with Crippen molar-refractivity contribution in [3.63, 3.8) is 0 Å². The number of amides is 1. The fraction of sp³-hybridized carbons (Fsp3) is 0.688. The third-order valence-corrected chi connectivity index (χ3v) is 4.59. The molecule has 0 bridgehead atoms. The van der Waals surface area contributed by atoms with Crippen LogP contribution in [-0.4, -0.2) is 45.9 Å². The van der Waals surface area contributed by atoms with Crippen LogP contribution in [0.4, 0.5) is 0 Å². The first-order valence-corrected chi connectivity index (χ1v) is 7.91. The molecule has 1 aliphatic carbocycles. The van der Waals surface area contributed by atoms with E-state index in [1.54, 1.807) is 12.4 Å². The Morgan fingerprint density at radius 1 is 1.29 bits per heavy atom. The Kier molecular flexibility index (Phi) is 3.93. The van der Waals surface area contributed by atoms with Crippen molar-refractivity contribution in [2.45, 2.75) is 51.6 Å². The number of nitrogens with one attached hydrogen (secondary N) is 1. The first-order chi connectivity index (χ1) is 10.0. The van der Waals surface area contributed by atoms with E-state index in [9.17, 15) is 4.79 Å². The molecule has 2 heterocycles. The predicted molar refractivity (Wildman–Crippen MR) is 81.1 cm³/mol. The third-order valence-electron chi connectivity index (χ3n) is 4.59. The van der Waals surface area contributed by atoms with Crippen molar-refractivity contribution in [2.24, 2.45) is 5.92 Å². The van der Waals surface area contributed by atoms with E-state index in [2.05, 4.69) is 41.0 Å². The summed E-state index contributed by atoms with van der Waals surface area (Å²) >= 11 is 0. The van der Waals surface area contributed by atoms with Crippen LogP contribution in [0, 0.1) is 5.92 Å². The van der Waals surface area contributed by atoms with E-state index in [1.807, 2.05) is 0 Å². The molecule has 1 amide bonds. The summed E-state index contributed by atoms with van der Waals surface area (Å²) in [6.07, 6.45) is 5.77. The van der Waals surface area contributed by atoms with Crippen LogP contribution in [-0.2, 0) is 0 Å². The van der Waals surface area contributed by atoms with Crippen molar-refractivity contribution < 1.29 is 4.79 Å². The van der Waals surface area contributed by atoms with E-state index in [0.717, 1.165) is 18.8 Å². The predicted octanol–water partition coefficient (Wildman–Crippen LogP) is 1.81. The van der Waals surface area contributed by atoms with Crippen LogP contribution in [0.2, 0.25) is 0 Å². The van der Waals surface area contributed by atoms with Gasteiger partial charge < -0.3 is 5.32 Å². The lowest BCUT2D eigenvalue weighted by molar-refractivity contribution is 0.0925. The van der Waals surface area contributed by atoms with Crippen LogP contribution in [0.5, 0.6) is 0 Å². The Balaban J connectivity index is 1.60. The monoisotopic (exact) mass is 288 g/mol. The third kappa shape index (κ3) is 3.23. The van der Waals surface area contributed by atoms with Gasteiger partial charge in [-0.05, 0) is 32.6 Å². The van der Waals surface area contributed by atoms with Gasteiger partial charge in [-0.3, -0.25) is 14.7 Å². The summed E-state index contributed by atoms with van der Waals surface area (Å²) in [5.74, 6) is 0.936. The molecular weight excluding hydrogens is 264 g/mol. The first kappa shape index (κ1) is 14.4. The molecule has 1 N–H and O–H groups in total. The lowest BCUT2D eigenvalue weighted by atomic mass is 10.1. The minimum absolute atomic E-state index is 0.104. The fourth-order valence-electron chi connectivity index (χ4n) is 2.90. The lowest BCUT2D eigenvalue weighted by Gasteiger charge is -2.20. The molecule has 5 heteroatoms. The molecule has 0 radical (unpaired) electrons. The number of carbonyl (C=O) groups excluding carboxylic acids is 1. The second-order valence-electron chi connectivity index (χ2n) is 6.71. The molecule has 1 saturated heterocycles. The topological polar surface area (TPSA) is 58.1 Å². The molecule has 1 saturated carbocycles. The molecule has 2 fully saturated rings.